The van der Waals surface area contributed by atoms with E-state index in [2.05, 4.69) is 10.1 Å². The topological polar surface area (TPSA) is 72.5 Å². The number of benzene rings is 2. The van der Waals surface area contributed by atoms with Gasteiger partial charge in [-0.2, -0.15) is 0 Å². The van der Waals surface area contributed by atoms with Crippen LogP contribution in [0, 0.1) is 11.7 Å². The number of hydrogen-bond acceptors (Lipinski definition) is 4. The Morgan fingerprint density at radius 2 is 1.78 bits per heavy atom. The molecule has 1 aliphatic rings. The molecule has 11 heteroatoms. The van der Waals surface area contributed by atoms with E-state index in [1.807, 2.05) is 0 Å². The highest BCUT2D eigenvalue weighted by atomic mass is 35.5. The van der Waals surface area contributed by atoms with Gasteiger partial charge in [0.25, 0.3) is 5.91 Å². The summed E-state index contributed by atoms with van der Waals surface area (Å²) < 4.78 is 79.8. The number of carbonyl (C=O) groups excluding carboxylic acids is 1. The fraction of sp³-hybridized carbons (Fsp3) is 0.381. The normalized spacial score (nSPS) is 19.2. The highest BCUT2D eigenvalue weighted by Crippen LogP contribution is 2.44. The molecule has 0 radical (unpaired) electrons. The van der Waals surface area contributed by atoms with Crippen molar-refractivity contribution in [3.05, 3.63) is 58.9 Å². The highest BCUT2D eigenvalue weighted by molar-refractivity contribution is 7.92. The molecule has 0 unspecified atom stereocenters. The van der Waals surface area contributed by atoms with Crippen molar-refractivity contribution in [2.24, 2.45) is 5.92 Å². The maximum absolute atomic E-state index is 13.6. The van der Waals surface area contributed by atoms with Crippen molar-refractivity contribution < 1.29 is 35.5 Å². The number of sulfone groups is 1. The van der Waals surface area contributed by atoms with Crippen LogP contribution in [0.4, 0.5) is 17.6 Å². The average molecular weight is 494 g/mol. The van der Waals surface area contributed by atoms with Crippen LogP contribution < -0.4 is 10.1 Å². The first kappa shape index (κ1) is 24.3. The summed E-state index contributed by atoms with van der Waals surface area (Å²) in [5.74, 6) is -2.22. The standard InChI is InChI=1S/C21H20ClF4NO4S/c1-20(2,32(29,30)16-5-3-4-15(11-16)31-21(24,25)26)13-9-14(10-13)27-19(28)12-6-7-17(22)18(23)8-12/h3-8,11,13-14H,9-10H2,1-2H3,(H,27,28). The second-order valence-corrected chi connectivity index (χ2v) is 11.0. The lowest BCUT2D eigenvalue weighted by atomic mass is 9.73. The maximum Gasteiger partial charge on any atom is 0.573 e. The van der Waals surface area contributed by atoms with Crippen molar-refractivity contribution in [3.8, 4) is 5.75 Å². The zero-order chi connectivity index (χ0) is 23.9. The van der Waals surface area contributed by atoms with Gasteiger partial charge >= 0.3 is 6.36 Å². The Kier molecular flexibility index (Phi) is 6.50. The highest BCUT2D eigenvalue weighted by Gasteiger charge is 2.49. The first-order chi connectivity index (χ1) is 14.7. The van der Waals surface area contributed by atoms with E-state index < -0.39 is 38.4 Å². The van der Waals surface area contributed by atoms with Crippen molar-refractivity contribution in [1.82, 2.24) is 5.32 Å². The first-order valence-corrected chi connectivity index (χ1v) is 11.4. The second-order valence-electron chi connectivity index (χ2n) is 8.10. The number of halogens is 5. The fourth-order valence-corrected chi connectivity index (χ4v) is 5.46. The van der Waals surface area contributed by atoms with Crippen LogP contribution in [0.3, 0.4) is 0 Å². The molecule has 1 fully saturated rings. The Labute approximate surface area is 187 Å². The Morgan fingerprint density at radius 3 is 2.38 bits per heavy atom. The zero-order valence-corrected chi connectivity index (χ0v) is 18.6. The summed E-state index contributed by atoms with van der Waals surface area (Å²) in [6, 6.07) is 7.60. The van der Waals surface area contributed by atoms with Crippen molar-refractivity contribution in [2.75, 3.05) is 0 Å². The smallest absolute Gasteiger partial charge is 0.406 e. The van der Waals surface area contributed by atoms with Gasteiger partial charge in [-0.15, -0.1) is 13.2 Å². The lowest BCUT2D eigenvalue weighted by Gasteiger charge is -2.45. The predicted molar refractivity (Wildman–Crippen MR) is 110 cm³/mol. The quantitative estimate of drug-likeness (QED) is 0.566. The van der Waals surface area contributed by atoms with Crippen molar-refractivity contribution in [3.63, 3.8) is 0 Å². The van der Waals surface area contributed by atoms with Crippen LogP contribution in [0.5, 0.6) is 5.75 Å². The molecule has 1 saturated carbocycles. The van der Waals surface area contributed by atoms with Gasteiger partial charge in [-0.05, 0) is 69.0 Å². The third kappa shape index (κ3) is 5.01. The van der Waals surface area contributed by atoms with Gasteiger partial charge in [0.1, 0.15) is 11.6 Å². The van der Waals surface area contributed by atoms with E-state index in [-0.39, 0.29) is 27.4 Å². The van der Waals surface area contributed by atoms with Crippen molar-refractivity contribution in [2.45, 2.75) is 48.7 Å². The maximum atomic E-state index is 13.6. The van der Waals surface area contributed by atoms with Crippen molar-refractivity contribution >= 4 is 27.3 Å². The molecular weight excluding hydrogens is 474 g/mol. The molecule has 0 bridgehead atoms. The minimum Gasteiger partial charge on any atom is -0.406 e. The largest absolute Gasteiger partial charge is 0.573 e. The van der Waals surface area contributed by atoms with Crippen LogP contribution in [0.1, 0.15) is 37.0 Å². The fourth-order valence-electron chi connectivity index (χ4n) is 3.57. The molecule has 32 heavy (non-hydrogen) atoms. The molecule has 0 atom stereocenters. The number of alkyl halides is 3. The summed E-state index contributed by atoms with van der Waals surface area (Å²) in [7, 11) is -4.02. The summed E-state index contributed by atoms with van der Waals surface area (Å²) in [5.41, 5.74) is 0.0868. The summed E-state index contributed by atoms with van der Waals surface area (Å²) in [6.45, 7) is 2.99. The first-order valence-electron chi connectivity index (χ1n) is 9.57. The SMILES string of the molecule is CC(C)(C1CC(NC(=O)c2ccc(Cl)c(F)c2)C1)S(=O)(=O)c1cccc(OC(F)(F)F)c1. The Balaban J connectivity index is 1.68. The van der Waals surface area contributed by atoms with E-state index in [4.69, 9.17) is 11.6 Å². The van der Waals surface area contributed by atoms with E-state index in [0.29, 0.717) is 12.8 Å². The van der Waals surface area contributed by atoms with E-state index in [0.717, 1.165) is 18.2 Å². The summed E-state index contributed by atoms with van der Waals surface area (Å²) >= 11 is 5.61. The molecule has 0 aromatic heterocycles. The van der Waals surface area contributed by atoms with Gasteiger partial charge < -0.3 is 10.1 Å². The Morgan fingerprint density at radius 1 is 1.12 bits per heavy atom. The number of nitrogens with one attached hydrogen (secondary N) is 1. The van der Waals surface area contributed by atoms with E-state index >= 15 is 0 Å². The zero-order valence-electron chi connectivity index (χ0n) is 17.0. The van der Waals surface area contributed by atoms with Crippen LogP contribution in [-0.2, 0) is 9.84 Å². The Hall–Kier alpha value is -2.33. The van der Waals surface area contributed by atoms with Crippen LogP contribution in [-0.4, -0.2) is 31.5 Å². The predicted octanol–water partition coefficient (Wildman–Crippen LogP) is 5.14. The molecule has 0 heterocycles. The second kappa shape index (κ2) is 8.55. The van der Waals surface area contributed by atoms with Crippen LogP contribution in [0.25, 0.3) is 0 Å². The molecule has 3 rings (SSSR count). The molecule has 174 valence electrons. The average Bonchev–Trinajstić information content (AvgIpc) is 2.64. The molecule has 1 aliphatic carbocycles. The number of carbonyl (C=O) groups is 1. The molecule has 1 N–H and O–H groups in total. The van der Waals surface area contributed by atoms with Crippen LogP contribution >= 0.6 is 11.6 Å². The lowest BCUT2D eigenvalue weighted by molar-refractivity contribution is -0.274. The molecular formula is C21H20ClF4NO4S. The number of hydrogen-bond donors (Lipinski definition) is 1. The minimum atomic E-state index is -4.94. The van der Waals surface area contributed by atoms with Crippen molar-refractivity contribution in [1.29, 1.82) is 0 Å². The molecule has 0 saturated heterocycles. The molecule has 5 nitrogen and oxygen atoms in total. The number of amides is 1. The molecule has 0 aliphatic heterocycles. The van der Waals surface area contributed by atoms with Crippen LogP contribution in [0.15, 0.2) is 47.4 Å². The Bertz CT molecular complexity index is 1130. The third-order valence-electron chi connectivity index (χ3n) is 5.68. The number of ether oxygens (including phenoxy) is 1. The number of rotatable bonds is 6. The summed E-state index contributed by atoms with van der Waals surface area (Å²) in [6.07, 6.45) is -4.26. The molecule has 2 aromatic carbocycles. The van der Waals surface area contributed by atoms with Gasteiger partial charge in [0, 0.05) is 11.6 Å². The van der Waals surface area contributed by atoms with Crippen LogP contribution in [0.2, 0.25) is 5.02 Å². The van der Waals surface area contributed by atoms with Gasteiger partial charge in [0.2, 0.25) is 0 Å². The lowest BCUT2D eigenvalue weighted by Crippen LogP contribution is -2.53. The van der Waals surface area contributed by atoms with Gasteiger partial charge in [0.05, 0.1) is 14.7 Å². The molecule has 2 aromatic rings. The monoisotopic (exact) mass is 493 g/mol. The van der Waals surface area contributed by atoms with Gasteiger partial charge in [-0.25, -0.2) is 12.8 Å². The van der Waals surface area contributed by atoms with Gasteiger partial charge in [-0.3, -0.25) is 4.79 Å². The van der Waals surface area contributed by atoms with E-state index in [1.165, 1.54) is 38.1 Å². The molecule has 0 spiro atoms. The molecule has 1 amide bonds. The summed E-state index contributed by atoms with van der Waals surface area (Å²) in [4.78, 5) is 12.0. The van der Waals surface area contributed by atoms with Gasteiger partial charge in [0.15, 0.2) is 9.84 Å². The van der Waals surface area contributed by atoms with Gasteiger partial charge in [-0.1, -0.05) is 17.7 Å². The van der Waals surface area contributed by atoms with E-state index in [1.54, 1.807) is 0 Å². The summed E-state index contributed by atoms with van der Waals surface area (Å²) in [5, 5.41) is 2.61. The third-order valence-corrected chi connectivity index (χ3v) is 8.58. The minimum absolute atomic E-state index is 0.0868. The van der Waals surface area contributed by atoms with E-state index in [9.17, 15) is 30.8 Å².